The molecule has 8 aromatic rings. The van der Waals surface area contributed by atoms with Crippen molar-refractivity contribution in [3.05, 3.63) is 174 Å². The largest absolute Gasteiger partial charge is 0.416 e. The number of aromatic nitrogens is 4. The number of nitrogens with zero attached hydrogens (tertiary/aromatic N) is 5. The molecule has 57 heavy (non-hydrogen) atoms. The monoisotopic (exact) mass is 747 g/mol. The first-order valence-corrected chi connectivity index (χ1v) is 19.2. The highest BCUT2D eigenvalue weighted by atomic mass is 16.4. The van der Waals surface area contributed by atoms with Gasteiger partial charge in [0.1, 0.15) is 0 Å². The Morgan fingerprint density at radius 1 is 0.386 bits per heavy atom. The SMILES string of the molecule is CC(C)(C)c1ccc(-c2nnc(-c3cc(/C=C/c4cccc(N(c5ccccc5)c5ccccc5)c4)cc(-c4nnc(-c5ccc(C(C)(C)C)cc5)o4)c3)o2)cc1. The van der Waals surface area contributed by atoms with E-state index < -0.39 is 0 Å². The molecule has 0 unspecified atom stereocenters. The van der Waals surface area contributed by atoms with Gasteiger partial charge in [-0.1, -0.05) is 126 Å². The summed E-state index contributed by atoms with van der Waals surface area (Å²) >= 11 is 0. The van der Waals surface area contributed by atoms with Gasteiger partial charge in [0.2, 0.25) is 23.6 Å². The molecule has 2 aromatic heterocycles. The summed E-state index contributed by atoms with van der Waals surface area (Å²) in [5.41, 5.74) is 10.9. The quantitative estimate of drug-likeness (QED) is 0.136. The molecule has 282 valence electrons. The minimum absolute atomic E-state index is 0.0396. The lowest BCUT2D eigenvalue weighted by Gasteiger charge is -2.25. The van der Waals surface area contributed by atoms with Crippen molar-refractivity contribution in [2.45, 2.75) is 52.4 Å². The molecule has 2 heterocycles. The standard InChI is InChI=1S/C50H45N5O2/c1-49(2,3)40-26-22-36(23-27-40)45-51-53-47(56-45)38-30-35(31-39(33-38)48-54-52-46(57-48)37-24-28-41(29-25-37)50(4,5)6)21-20-34-14-13-19-44(32-34)55(42-15-9-7-10-16-42)43-17-11-8-12-18-43/h7-33H,1-6H3/b21-20+. The summed E-state index contributed by atoms with van der Waals surface area (Å²) in [5, 5.41) is 17.8. The first-order valence-electron chi connectivity index (χ1n) is 19.2. The zero-order chi connectivity index (χ0) is 39.6. The van der Waals surface area contributed by atoms with Crippen molar-refractivity contribution in [3.8, 4) is 45.8 Å². The van der Waals surface area contributed by atoms with Gasteiger partial charge in [0.25, 0.3) is 0 Å². The minimum Gasteiger partial charge on any atom is -0.416 e. The molecule has 0 spiro atoms. The van der Waals surface area contributed by atoms with Crippen LogP contribution in [0.5, 0.6) is 0 Å². The number of hydrogen-bond donors (Lipinski definition) is 0. The summed E-state index contributed by atoms with van der Waals surface area (Å²) in [6.07, 6.45) is 4.18. The molecule has 6 aromatic carbocycles. The summed E-state index contributed by atoms with van der Waals surface area (Å²) in [4.78, 5) is 2.25. The van der Waals surface area contributed by atoms with Crippen LogP contribution in [-0.2, 0) is 10.8 Å². The van der Waals surface area contributed by atoms with Crippen molar-refractivity contribution >= 4 is 29.2 Å². The second kappa shape index (κ2) is 15.3. The van der Waals surface area contributed by atoms with E-state index in [-0.39, 0.29) is 10.8 Å². The van der Waals surface area contributed by atoms with Crippen LogP contribution in [0.25, 0.3) is 58.0 Å². The molecule has 0 fully saturated rings. The predicted octanol–water partition coefficient (Wildman–Crippen LogP) is 13.4. The highest BCUT2D eigenvalue weighted by Crippen LogP contribution is 2.36. The second-order valence-electron chi connectivity index (χ2n) is 16.3. The second-order valence-corrected chi connectivity index (χ2v) is 16.3. The fraction of sp³-hybridized carbons (Fsp3) is 0.160. The van der Waals surface area contributed by atoms with Gasteiger partial charge in [0.15, 0.2) is 0 Å². The van der Waals surface area contributed by atoms with Crippen molar-refractivity contribution in [2.75, 3.05) is 4.90 Å². The molecule has 0 aliphatic rings. The van der Waals surface area contributed by atoms with Crippen molar-refractivity contribution in [1.29, 1.82) is 0 Å². The molecular formula is C50H45N5O2. The first kappa shape index (κ1) is 37.1. The van der Waals surface area contributed by atoms with E-state index in [9.17, 15) is 0 Å². The number of benzene rings is 6. The van der Waals surface area contributed by atoms with Gasteiger partial charge in [-0.3, -0.25) is 0 Å². The summed E-state index contributed by atoms with van der Waals surface area (Å²) < 4.78 is 12.6. The molecule has 0 radical (unpaired) electrons. The number of hydrogen-bond acceptors (Lipinski definition) is 7. The molecule has 8 rings (SSSR count). The molecule has 7 nitrogen and oxygen atoms in total. The van der Waals surface area contributed by atoms with E-state index in [0.29, 0.717) is 23.6 Å². The zero-order valence-corrected chi connectivity index (χ0v) is 33.1. The molecule has 0 amide bonds. The fourth-order valence-electron chi connectivity index (χ4n) is 6.69. The van der Waals surface area contributed by atoms with Crippen LogP contribution >= 0.6 is 0 Å². The van der Waals surface area contributed by atoms with E-state index in [1.165, 1.54) is 11.1 Å². The van der Waals surface area contributed by atoms with Gasteiger partial charge in [-0.05, 0) is 112 Å². The maximum absolute atomic E-state index is 6.31. The van der Waals surface area contributed by atoms with Gasteiger partial charge in [0, 0.05) is 39.3 Å². The van der Waals surface area contributed by atoms with Gasteiger partial charge in [0.05, 0.1) is 0 Å². The number of anilines is 3. The van der Waals surface area contributed by atoms with Crippen LogP contribution in [0.4, 0.5) is 17.1 Å². The summed E-state index contributed by atoms with van der Waals surface area (Å²) in [6, 6.07) is 51.9. The van der Waals surface area contributed by atoms with Crippen LogP contribution in [0.3, 0.4) is 0 Å². The molecule has 0 aliphatic carbocycles. The number of para-hydroxylation sites is 2. The van der Waals surface area contributed by atoms with E-state index in [2.05, 4.69) is 176 Å². The molecule has 0 aliphatic heterocycles. The maximum Gasteiger partial charge on any atom is 0.248 e. The first-order chi connectivity index (χ1) is 27.5. The lowest BCUT2D eigenvalue weighted by atomic mass is 9.87. The van der Waals surface area contributed by atoms with Crippen LogP contribution in [0, 0.1) is 0 Å². The molecule has 0 saturated heterocycles. The van der Waals surface area contributed by atoms with Crippen LogP contribution in [0.1, 0.15) is 63.8 Å². The Kier molecular flexibility index (Phi) is 9.98. The highest BCUT2D eigenvalue weighted by molar-refractivity contribution is 5.81. The highest BCUT2D eigenvalue weighted by Gasteiger charge is 2.19. The van der Waals surface area contributed by atoms with E-state index in [1.807, 2.05) is 54.6 Å². The Labute approximate surface area is 334 Å². The van der Waals surface area contributed by atoms with Gasteiger partial charge in [-0.25, -0.2) is 0 Å². The van der Waals surface area contributed by atoms with Crippen molar-refractivity contribution in [3.63, 3.8) is 0 Å². The van der Waals surface area contributed by atoms with Gasteiger partial charge < -0.3 is 13.7 Å². The predicted molar refractivity (Wildman–Crippen MR) is 231 cm³/mol. The van der Waals surface area contributed by atoms with Gasteiger partial charge in [-0.15, -0.1) is 20.4 Å². The van der Waals surface area contributed by atoms with E-state index in [4.69, 9.17) is 8.83 Å². The molecule has 7 heteroatoms. The van der Waals surface area contributed by atoms with Crippen molar-refractivity contribution in [2.24, 2.45) is 0 Å². The minimum atomic E-state index is 0.0396. The van der Waals surface area contributed by atoms with Crippen molar-refractivity contribution < 1.29 is 8.83 Å². The normalized spacial score (nSPS) is 12.0. The van der Waals surface area contributed by atoms with Crippen molar-refractivity contribution in [1.82, 2.24) is 20.4 Å². The summed E-state index contributed by atoms with van der Waals surface area (Å²) in [5.74, 6) is 1.68. The lowest BCUT2D eigenvalue weighted by molar-refractivity contribution is 0.580. The van der Waals surface area contributed by atoms with E-state index >= 15 is 0 Å². The van der Waals surface area contributed by atoms with Crippen LogP contribution in [0.15, 0.2) is 160 Å². The van der Waals surface area contributed by atoms with E-state index in [1.54, 1.807) is 0 Å². The van der Waals surface area contributed by atoms with Crippen LogP contribution < -0.4 is 4.90 Å². The molecule has 0 N–H and O–H groups in total. The van der Waals surface area contributed by atoms with Crippen LogP contribution in [-0.4, -0.2) is 20.4 Å². The smallest absolute Gasteiger partial charge is 0.248 e. The third-order valence-corrected chi connectivity index (χ3v) is 9.92. The van der Waals surface area contributed by atoms with Gasteiger partial charge in [-0.2, -0.15) is 0 Å². The third-order valence-electron chi connectivity index (χ3n) is 9.92. The molecular weight excluding hydrogens is 703 g/mol. The van der Waals surface area contributed by atoms with Gasteiger partial charge >= 0.3 is 0 Å². The average Bonchev–Trinajstić information content (AvgIpc) is 3.93. The Morgan fingerprint density at radius 2 is 0.789 bits per heavy atom. The number of rotatable bonds is 9. The Balaban J connectivity index is 1.15. The Hall–Kier alpha value is -6.86. The van der Waals surface area contributed by atoms with E-state index in [0.717, 1.165) is 50.4 Å². The maximum atomic E-state index is 6.31. The summed E-state index contributed by atoms with van der Waals surface area (Å²) in [6.45, 7) is 13.2. The molecule has 0 bridgehead atoms. The lowest BCUT2D eigenvalue weighted by Crippen LogP contribution is -2.10. The molecule has 0 atom stereocenters. The average molecular weight is 748 g/mol. The third kappa shape index (κ3) is 8.38. The zero-order valence-electron chi connectivity index (χ0n) is 33.1. The molecule has 0 saturated carbocycles. The summed E-state index contributed by atoms with van der Waals surface area (Å²) in [7, 11) is 0. The van der Waals surface area contributed by atoms with Crippen LogP contribution in [0.2, 0.25) is 0 Å². The Morgan fingerprint density at radius 3 is 1.23 bits per heavy atom. The Bertz CT molecular complexity index is 2470. The topological polar surface area (TPSA) is 81.1 Å². The fourth-order valence-corrected chi connectivity index (χ4v) is 6.69.